The lowest BCUT2D eigenvalue weighted by atomic mass is 9.86. The van der Waals surface area contributed by atoms with Crippen LogP contribution in [0.15, 0.2) is 51.7 Å². The van der Waals surface area contributed by atoms with Gasteiger partial charge in [-0.25, -0.2) is 0 Å². The number of aryl methyl sites for hydroxylation is 1. The van der Waals surface area contributed by atoms with E-state index in [4.69, 9.17) is 9.15 Å². The van der Waals surface area contributed by atoms with Gasteiger partial charge in [0.05, 0.1) is 24.1 Å². The molecule has 168 valence electrons. The van der Waals surface area contributed by atoms with Gasteiger partial charge in [-0.3, -0.25) is 14.5 Å². The fourth-order valence-electron chi connectivity index (χ4n) is 4.14. The number of hydrogen-bond donors (Lipinski definition) is 0. The van der Waals surface area contributed by atoms with Crippen molar-refractivity contribution in [3.8, 4) is 5.75 Å². The van der Waals surface area contributed by atoms with Crippen LogP contribution in [-0.4, -0.2) is 23.2 Å². The normalized spacial score (nSPS) is 15.8. The second-order valence-electron chi connectivity index (χ2n) is 9.09. The highest BCUT2D eigenvalue weighted by Crippen LogP contribution is 2.42. The maximum absolute atomic E-state index is 13.6. The van der Waals surface area contributed by atoms with E-state index >= 15 is 0 Å². The number of aromatic nitrogens is 2. The Balaban J connectivity index is 1.76. The molecule has 8 heteroatoms. The van der Waals surface area contributed by atoms with Crippen LogP contribution in [0.25, 0.3) is 11.0 Å². The Hall–Kier alpha value is -3.52. The Morgan fingerprint density at radius 1 is 1.06 bits per heavy atom. The number of fused-ring (bicyclic) bond motifs is 2. The van der Waals surface area contributed by atoms with Gasteiger partial charge in [0.25, 0.3) is 5.91 Å². The van der Waals surface area contributed by atoms with Gasteiger partial charge in [0.15, 0.2) is 5.43 Å². The van der Waals surface area contributed by atoms with Crippen molar-refractivity contribution in [2.24, 2.45) is 0 Å². The summed E-state index contributed by atoms with van der Waals surface area (Å²) in [4.78, 5) is 28.7. The quantitative estimate of drug-likeness (QED) is 0.426. The summed E-state index contributed by atoms with van der Waals surface area (Å²) in [5.41, 5.74) is 2.33. The fourth-order valence-corrected chi connectivity index (χ4v) is 4.85. The number of methoxy groups -OCH3 is 1. The Bertz CT molecular complexity index is 1450. The molecule has 0 fully saturated rings. The molecule has 0 N–H and O–H groups in total. The van der Waals surface area contributed by atoms with E-state index in [1.165, 1.54) is 23.3 Å². The second-order valence-corrected chi connectivity index (χ2v) is 10.2. The highest BCUT2D eigenvalue weighted by molar-refractivity contribution is 7.15. The largest absolute Gasteiger partial charge is 0.497 e. The van der Waals surface area contributed by atoms with Crippen molar-refractivity contribution in [3.63, 3.8) is 0 Å². The zero-order chi connectivity index (χ0) is 23.5. The second kappa shape index (κ2) is 7.52. The maximum atomic E-state index is 13.6. The lowest BCUT2D eigenvalue weighted by molar-refractivity contribution is 0.0970. The standard InChI is InChI=1S/C25H23N3O4S/c1-13-26-27-24(33-13)28-20(14-6-8-15(9-7-14)25(2,3)4)19-21(29)17-11-10-16(31-5)12-18(17)32-22(19)23(28)30/h6-12,20H,1-5H3/t20-/m0/s1. The minimum absolute atomic E-state index is 0.0216. The summed E-state index contributed by atoms with van der Waals surface area (Å²) in [6.07, 6.45) is 0. The van der Waals surface area contributed by atoms with E-state index < -0.39 is 11.9 Å². The Kier molecular flexibility index (Phi) is 4.86. The van der Waals surface area contributed by atoms with Crippen molar-refractivity contribution in [1.29, 1.82) is 0 Å². The molecule has 7 nitrogen and oxygen atoms in total. The van der Waals surface area contributed by atoms with Crippen LogP contribution in [0.4, 0.5) is 5.13 Å². The Morgan fingerprint density at radius 3 is 2.39 bits per heavy atom. The lowest BCUT2D eigenvalue weighted by Crippen LogP contribution is -2.29. The van der Waals surface area contributed by atoms with Gasteiger partial charge < -0.3 is 9.15 Å². The molecule has 2 aromatic carbocycles. The predicted molar refractivity (Wildman–Crippen MR) is 127 cm³/mol. The molecule has 0 saturated heterocycles. The lowest BCUT2D eigenvalue weighted by Gasteiger charge is -2.24. The van der Waals surface area contributed by atoms with E-state index in [2.05, 4.69) is 31.0 Å². The minimum Gasteiger partial charge on any atom is -0.497 e. The smallest absolute Gasteiger partial charge is 0.297 e. The highest BCUT2D eigenvalue weighted by Gasteiger charge is 2.45. The molecule has 1 atom stereocenters. The minimum atomic E-state index is -0.656. The number of carbonyl (C=O) groups is 1. The summed E-state index contributed by atoms with van der Waals surface area (Å²) in [6.45, 7) is 8.25. The summed E-state index contributed by atoms with van der Waals surface area (Å²) < 4.78 is 11.3. The van der Waals surface area contributed by atoms with E-state index in [9.17, 15) is 9.59 Å². The van der Waals surface area contributed by atoms with Crippen molar-refractivity contribution < 1.29 is 13.9 Å². The SMILES string of the molecule is COc1ccc2c(=O)c3c(oc2c1)C(=O)N(c1nnc(C)s1)[C@H]3c1ccc(C(C)(C)C)cc1. The van der Waals surface area contributed by atoms with Gasteiger partial charge >= 0.3 is 0 Å². The van der Waals surface area contributed by atoms with E-state index in [1.54, 1.807) is 18.2 Å². The Morgan fingerprint density at radius 2 is 1.79 bits per heavy atom. The average Bonchev–Trinajstić information content (AvgIpc) is 3.34. The van der Waals surface area contributed by atoms with Crippen LogP contribution in [0, 0.1) is 6.92 Å². The van der Waals surface area contributed by atoms with Crippen molar-refractivity contribution in [2.45, 2.75) is 39.2 Å². The number of anilines is 1. The van der Waals surface area contributed by atoms with E-state index in [0.29, 0.717) is 27.4 Å². The maximum Gasteiger partial charge on any atom is 0.297 e. The molecule has 4 aromatic rings. The first kappa shape index (κ1) is 21.3. The first-order valence-corrected chi connectivity index (χ1v) is 11.4. The molecular weight excluding hydrogens is 438 g/mol. The third kappa shape index (κ3) is 3.41. The molecular formula is C25H23N3O4S. The first-order chi connectivity index (χ1) is 15.7. The van der Waals surface area contributed by atoms with Crippen LogP contribution in [0.1, 0.15) is 59.1 Å². The van der Waals surface area contributed by atoms with Crippen LogP contribution in [0.2, 0.25) is 0 Å². The van der Waals surface area contributed by atoms with Gasteiger partial charge in [-0.15, -0.1) is 10.2 Å². The molecule has 1 amide bonds. The van der Waals surface area contributed by atoms with Crippen LogP contribution < -0.4 is 15.1 Å². The summed E-state index contributed by atoms with van der Waals surface area (Å²) in [5.74, 6) is 0.161. The molecule has 0 unspecified atom stereocenters. The molecule has 1 aliphatic heterocycles. The van der Waals surface area contributed by atoms with Crippen LogP contribution in [0.3, 0.4) is 0 Å². The van der Waals surface area contributed by atoms with Gasteiger partial charge in [0.2, 0.25) is 10.9 Å². The number of benzene rings is 2. The highest BCUT2D eigenvalue weighted by atomic mass is 32.1. The molecule has 33 heavy (non-hydrogen) atoms. The third-order valence-corrected chi connectivity index (χ3v) is 6.73. The van der Waals surface area contributed by atoms with Crippen molar-refractivity contribution in [2.75, 3.05) is 12.0 Å². The van der Waals surface area contributed by atoms with Crippen molar-refractivity contribution in [3.05, 3.63) is 80.1 Å². The molecule has 1 aliphatic rings. The van der Waals surface area contributed by atoms with Crippen LogP contribution in [0.5, 0.6) is 5.75 Å². The number of amides is 1. The van der Waals surface area contributed by atoms with E-state index in [1.807, 2.05) is 31.2 Å². The summed E-state index contributed by atoms with van der Waals surface area (Å²) >= 11 is 1.30. The van der Waals surface area contributed by atoms with Crippen molar-refractivity contribution >= 4 is 33.3 Å². The topological polar surface area (TPSA) is 85.5 Å². The van der Waals surface area contributed by atoms with Gasteiger partial charge in [0, 0.05) is 6.07 Å². The van der Waals surface area contributed by atoms with Crippen LogP contribution in [-0.2, 0) is 5.41 Å². The van der Waals surface area contributed by atoms with Gasteiger partial charge in [-0.05, 0) is 35.6 Å². The summed E-state index contributed by atoms with van der Waals surface area (Å²) in [6, 6.07) is 12.3. The molecule has 0 radical (unpaired) electrons. The molecule has 0 bridgehead atoms. The molecule has 0 saturated carbocycles. The molecule has 5 rings (SSSR count). The third-order valence-electron chi connectivity index (χ3n) is 5.89. The zero-order valence-corrected chi connectivity index (χ0v) is 19.8. The van der Waals surface area contributed by atoms with Gasteiger partial charge in [-0.1, -0.05) is 56.4 Å². The predicted octanol–water partition coefficient (Wildman–Crippen LogP) is 5.01. The molecule has 3 heterocycles. The number of nitrogens with zero attached hydrogens (tertiary/aromatic N) is 3. The molecule has 0 aliphatic carbocycles. The van der Waals surface area contributed by atoms with Gasteiger partial charge in [-0.2, -0.15) is 0 Å². The van der Waals surface area contributed by atoms with E-state index in [-0.39, 0.29) is 16.6 Å². The fraction of sp³-hybridized carbons (Fsp3) is 0.280. The van der Waals surface area contributed by atoms with E-state index in [0.717, 1.165) is 16.1 Å². The zero-order valence-electron chi connectivity index (χ0n) is 19.0. The number of rotatable bonds is 3. The average molecular weight is 462 g/mol. The molecule has 2 aromatic heterocycles. The summed E-state index contributed by atoms with van der Waals surface area (Å²) in [5, 5.41) is 9.83. The summed E-state index contributed by atoms with van der Waals surface area (Å²) in [7, 11) is 1.54. The van der Waals surface area contributed by atoms with Crippen LogP contribution >= 0.6 is 11.3 Å². The number of carbonyl (C=O) groups excluding carboxylic acids is 1. The van der Waals surface area contributed by atoms with Gasteiger partial charge in [0.1, 0.15) is 16.3 Å². The number of hydrogen-bond acceptors (Lipinski definition) is 7. The monoisotopic (exact) mass is 461 g/mol. The molecule has 0 spiro atoms. The Labute approximate surface area is 194 Å². The first-order valence-electron chi connectivity index (χ1n) is 10.6. The van der Waals surface area contributed by atoms with Crippen molar-refractivity contribution in [1.82, 2.24) is 10.2 Å². The number of ether oxygens (including phenoxy) is 1.